The van der Waals surface area contributed by atoms with Crippen LogP contribution in [-0.4, -0.2) is 63.9 Å². The Morgan fingerprint density at radius 1 is 1.14 bits per heavy atom. The standard InChI is InChI=1S/C17H17F3N2O6/c1-2-28-14(23)4-3-10-7-21(16(24)25)8-13(22(10)17(26)27)9-5-11(18)15(20)12(19)6-9/h3-6,10,13H,2,7-8H2,1H3,(H,24,25)(H,26,27). The first-order chi connectivity index (χ1) is 13.1. The molecule has 1 heterocycles. The summed E-state index contributed by atoms with van der Waals surface area (Å²) < 4.78 is 45.2. The predicted molar refractivity (Wildman–Crippen MR) is 88.1 cm³/mol. The van der Waals surface area contributed by atoms with Gasteiger partial charge in [-0.1, -0.05) is 6.08 Å². The van der Waals surface area contributed by atoms with Gasteiger partial charge in [-0.3, -0.25) is 4.90 Å². The Morgan fingerprint density at radius 3 is 2.25 bits per heavy atom. The number of ether oxygens (including phenoxy) is 1. The molecule has 2 rings (SSSR count). The second-order valence-electron chi connectivity index (χ2n) is 5.87. The number of carbonyl (C=O) groups excluding carboxylic acids is 1. The van der Waals surface area contributed by atoms with Gasteiger partial charge in [0.15, 0.2) is 17.5 Å². The average Bonchev–Trinajstić information content (AvgIpc) is 2.63. The van der Waals surface area contributed by atoms with E-state index in [1.165, 1.54) is 0 Å². The van der Waals surface area contributed by atoms with Crippen molar-refractivity contribution in [2.45, 2.75) is 19.0 Å². The molecule has 2 N–H and O–H groups in total. The molecule has 1 fully saturated rings. The molecular weight excluding hydrogens is 385 g/mol. The van der Waals surface area contributed by atoms with Crippen LogP contribution in [0.15, 0.2) is 24.3 Å². The van der Waals surface area contributed by atoms with E-state index in [1.807, 2.05) is 0 Å². The van der Waals surface area contributed by atoms with Gasteiger partial charge in [-0.05, 0) is 24.6 Å². The number of carbonyl (C=O) groups is 3. The molecule has 2 atom stereocenters. The third-order valence-corrected chi connectivity index (χ3v) is 4.12. The van der Waals surface area contributed by atoms with Crippen molar-refractivity contribution in [2.24, 2.45) is 0 Å². The van der Waals surface area contributed by atoms with Gasteiger partial charge in [0, 0.05) is 19.2 Å². The summed E-state index contributed by atoms with van der Waals surface area (Å²) in [5.74, 6) is -5.57. The third kappa shape index (κ3) is 4.53. The number of rotatable bonds is 4. The zero-order valence-electron chi connectivity index (χ0n) is 14.6. The Morgan fingerprint density at radius 2 is 1.75 bits per heavy atom. The largest absolute Gasteiger partial charge is 0.465 e. The van der Waals surface area contributed by atoms with Gasteiger partial charge in [0.2, 0.25) is 0 Å². The summed E-state index contributed by atoms with van der Waals surface area (Å²) in [6.07, 6.45) is -0.839. The molecule has 1 saturated heterocycles. The normalized spacial score (nSPS) is 19.7. The molecule has 0 aliphatic carbocycles. The molecular formula is C17H17F3N2O6. The quantitative estimate of drug-likeness (QED) is 0.456. The lowest BCUT2D eigenvalue weighted by Crippen LogP contribution is -2.56. The molecule has 0 radical (unpaired) electrons. The predicted octanol–water partition coefficient (Wildman–Crippen LogP) is 2.61. The van der Waals surface area contributed by atoms with Gasteiger partial charge in [-0.2, -0.15) is 0 Å². The molecule has 11 heteroatoms. The Bertz CT molecular complexity index is 793. The van der Waals surface area contributed by atoms with E-state index in [0.717, 1.165) is 22.0 Å². The molecule has 8 nitrogen and oxygen atoms in total. The first-order valence-corrected chi connectivity index (χ1v) is 8.14. The van der Waals surface area contributed by atoms with Crippen molar-refractivity contribution < 1.29 is 42.5 Å². The molecule has 0 aromatic heterocycles. The number of amides is 2. The number of hydrogen-bond donors (Lipinski definition) is 2. The van der Waals surface area contributed by atoms with Crippen LogP contribution in [0, 0.1) is 17.5 Å². The third-order valence-electron chi connectivity index (χ3n) is 4.12. The Kier molecular flexibility index (Phi) is 6.49. The van der Waals surface area contributed by atoms with E-state index in [0.29, 0.717) is 12.1 Å². The summed E-state index contributed by atoms with van der Waals surface area (Å²) in [7, 11) is 0. The van der Waals surface area contributed by atoms with Crippen molar-refractivity contribution in [3.05, 3.63) is 47.3 Å². The number of esters is 1. The fourth-order valence-electron chi connectivity index (χ4n) is 2.91. The molecule has 0 saturated carbocycles. The minimum absolute atomic E-state index is 0.0779. The van der Waals surface area contributed by atoms with E-state index in [4.69, 9.17) is 4.74 Å². The zero-order chi connectivity index (χ0) is 21.0. The molecule has 2 amide bonds. The second-order valence-corrected chi connectivity index (χ2v) is 5.87. The van der Waals surface area contributed by atoms with Crippen LogP contribution in [0.25, 0.3) is 0 Å². The van der Waals surface area contributed by atoms with Crippen LogP contribution < -0.4 is 0 Å². The lowest BCUT2D eigenvalue weighted by atomic mass is 9.98. The van der Waals surface area contributed by atoms with Gasteiger partial charge in [-0.15, -0.1) is 0 Å². The van der Waals surface area contributed by atoms with Crippen molar-refractivity contribution in [2.75, 3.05) is 19.7 Å². The molecule has 1 aromatic carbocycles. The highest BCUT2D eigenvalue weighted by Gasteiger charge is 2.39. The number of hydrogen-bond acceptors (Lipinski definition) is 4. The first-order valence-electron chi connectivity index (χ1n) is 8.14. The Hall–Kier alpha value is -3.24. The molecule has 1 aliphatic rings. The Labute approximate surface area is 157 Å². The molecule has 152 valence electrons. The van der Waals surface area contributed by atoms with Crippen LogP contribution >= 0.6 is 0 Å². The van der Waals surface area contributed by atoms with E-state index in [2.05, 4.69) is 0 Å². The number of piperazine rings is 1. The fraction of sp³-hybridized carbons (Fsp3) is 0.353. The highest BCUT2D eigenvalue weighted by atomic mass is 19.2. The summed E-state index contributed by atoms with van der Waals surface area (Å²) in [6, 6.07) is -1.26. The Balaban J connectivity index is 2.47. The van der Waals surface area contributed by atoms with Crippen LogP contribution in [-0.2, 0) is 9.53 Å². The summed E-state index contributed by atoms with van der Waals surface area (Å²) >= 11 is 0. The van der Waals surface area contributed by atoms with Gasteiger partial charge >= 0.3 is 18.2 Å². The topological polar surface area (TPSA) is 107 Å². The van der Waals surface area contributed by atoms with Gasteiger partial charge in [0.1, 0.15) is 0 Å². The monoisotopic (exact) mass is 402 g/mol. The van der Waals surface area contributed by atoms with Crippen LogP contribution in [0.1, 0.15) is 18.5 Å². The van der Waals surface area contributed by atoms with Gasteiger partial charge in [-0.25, -0.2) is 27.6 Å². The number of halogens is 3. The van der Waals surface area contributed by atoms with Gasteiger partial charge < -0.3 is 19.8 Å². The van der Waals surface area contributed by atoms with Crippen molar-refractivity contribution in [1.29, 1.82) is 0 Å². The van der Waals surface area contributed by atoms with Crippen LogP contribution in [0.4, 0.5) is 22.8 Å². The maximum Gasteiger partial charge on any atom is 0.408 e. The average molecular weight is 402 g/mol. The van der Waals surface area contributed by atoms with Crippen LogP contribution in [0.5, 0.6) is 0 Å². The summed E-state index contributed by atoms with van der Waals surface area (Å²) in [6.45, 7) is 0.889. The summed E-state index contributed by atoms with van der Waals surface area (Å²) in [5.41, 5.74) is -0.265. The highest BCUT2D eigenvalue weighted by molar-refractivity contribution is 5.82. The lowest BCUT2D eigenvalue weighted by Gasteiger charge is -2.43. The number of benzene rings is 1. The molecule has 0 spiro atoms. The first kappa shape index (κ1) is 21.1. The van der Waals surface area contributed by atoms with Crippen molar-refractivity contribution in [3.8, 4) is 0 Å². The van der Waals surface area contributed by atoms with E-state index < -0.39 is 54.2 Å². The smallest absolute Gasteiger partial charge is 0.408 e. The van der Waals surface area contributed by atoms with Crippen molar-refractivity contribution in [1.82, 2.24) is 9.80 Å². The summed E-state index contributed by atoms with van der Waals surface area (Å²) in [4.78, 5) is 36.3. The highest BCUT2D eigenvalue weighted by Crippen LogP contribution is 2.31. The van der Waals surface area contributed by atoms with E-state index in [1.54, 1.807) is 6.92 Å². The molecule has 28 heavy (non-hydrogen) atoms. The van der Waals surface area contributed by atoms with Gasteiger partial charge in [0.25, 0.3) is 0 Å². The molecule has 0 bridgehead atoms. The second kappa shape index (κ2) is 8.63. The van der Waals surface area contributed by atoms with Crippen molar-refractivity contribution in [3.63, 3.8) is 0 Å². The SMILES string of the molecule is CCOC(=O)C=CC1CN(C(=O)O)CC(c2cc(F)c(F)c(F)c2)N1C(=O)O. The van der Waals surface area contributed by atoms with Gasteiger partial charge in [0.05, 0.1) is 18.7 Å². The van der Waals surface area contributed by atoms with E-state index in [-0.39, 0.29) is 18.7 Å². The fourth-order valence-corrected chi connectivity index (χ4v) is 2.91. The van der Waals surface area contributed by atoms with E-state index in [9.17, 15) is 37.8 Å². The maximum absolute atomic E-state index is 13.6. The maximum atomic E-state index is 13.6. The number of carboxylic acid groups (broad SMARTS) is 2. The minimum atomic E-state index is -1.73. The van der Waals surface area contributed by atoms with E-state index >= 15 is 0 Å². The zero-order valence-corrected chi connectivity index (χ0v) is 14.6. The molecule has 2 unspecified atom stereocenters. The minimum Gasteiger partial charge on any atom is -0.465 e. The molecule has 1 aliphatic heterocycles. The number of nitrogens with zero attached hydrogens (tertiary/aromatic N) is 2. The van der Waals surface area contributed by atoms with Crippen LogP contribution in [0.2, 0.25) is 0 Å². The van der Waals surface area contributed by atoms with Crippen LogP contribution in [0.3, 0.4) is 0 Å². The molecule has 1 aromatic rings. The summed E-state index contributed by atoms with van der Waals surface area (Å²) in [5, 5.41) is 18.9. The van der Waals surface area contributed by atoms with Crippen molar-refractivity contribution >= 4 is 18.2 Å². The lowest BCUT2D eigenvalue weighted by molar-refractivity contribution is -0.137.